The van der Waals surface area contributed by atoms with Crippen molar-refractivity contribution in [3.05, 3.63) is 46.8 Å². The van der Waals surface area contributed by atoms with E-state index in [1.807, 2.05) is 48.2 Å². The van der Waals surface area contributed by atoms with E-state index in [1.54, 1.807) is 0 Å². The summed E-state index contributed by atoms with van der Waals surface area (Å²) in [6.07, 6.45) is 1.60. The lowest BCUT2D eigenvalue weighted by Gasteiger charge is -2.17. The molecular weight excluding hydrogens is 332 g/mol. The van der Waals surface area contributed by atoms with E-state index in [0.29, 0.717) is 6.42 Å². The van der Waals surface area contributed by atoms with Gasteiger partial charge in [-0.15, -0.1) is 0 Å². The first-order valence-corrected chi connectivity index (χ1v) is 7.85. The van der Waals surface area contributed by atoms with E-state index in [2.05, 4.69) is 21.2 Å². The predicted octanol–water partition coefficient (Wildman–Crippen LogP) is 4.34. The van der Waals surface area contributed by atoms with Gasteiger partial charge in [0.1, 0.15) is 5.76 Å². The first kappa shape index (κ1) is 14.2. The monoisotopic (exact) mass is 348 g/mol. The minimum Gasteiger partial charge on any atom is -0.452 e. The Hall–Kier alpha value is -1.75. The van der Waals surface area contributed by atoms with E-state index >= 15 is 0 Å². The molecule has 0 radical (unpaired) electrons. The van der Waals surface area contributed by atoms with Gasteiger partial charge in [0.15, 0.2) is 4.67 Å². The van der Waals surface area contributed by atoms with Crippen LogP contribution in [0.1, 0.15) is 31.6 Å². The second kappa shape index (κ2) is 5.93. The summed E-state index contributed by atoms with van der Waals surface area (Å²) in [6, 6.07) is 11.9. The van der Waals surface area contributed by atoms with Gasteiger partial charge in [0.05, 0.1) is 6.04 Å². The van der Waals surface area contributed by atoms with Gasteiger partial charge in [0.2, 0.25) is 5.91 Å². The molecule has 2 aromatic rings. The fourth-order valence-electron chi connectivity index (χ4n) is 2.54. The van der Waals surface area contributed by atoms with Crippen LogP contribution < -0.4 is 10.2 Å². The van der Waals surface area contributed by atoms with E-state index < -0.39 is 0 Å². The van der Waals surface area contributed by atoms with Crippen LogP contribution in [0.4, 0.5) is 11.4 Å². The van der Waals surface area contributed by atoms with Gasteiger partial charge in [-0.3, -0.25) is 4.79 Å². The second-order valence-electron chi connectivity index (χ2n) is 5.20. The highest BCUT2D eigenvalue weighted by atomic mass is 79.9. The number of furan rings is 1. The minimum atomic E-state index is 0.0792. The van der Waals surface area contributed by atoms with Crippen molar-refractivity contribution in [1.29, 1.82) is 0 Å². The third-order valence-electron chi connectivity index (χ3n) is 3.66. The second-order valence-corrected chi connectivity index (χ2v) is 5.99. The van der Waals surface area contributed by atoms with Gasteiger partial charge < -0.3 is 14.6 Å². The Kier molecular flexibility index (Phi) is 4.01. The van der Waals surface area contributed by atoms with Crippen molar-refractivity contribution in [1.82, 2.24) is 0 Å². The number of halogens is 1. The lowest BCUT2D eigenvalue weighted by atomic mass is 10.2. The van der Waals surface area contributed by atoms with Crippen LogP contribution in [0.5, 0.6) is 0 Å². The van der Waals surface area contributed by atoms with Gasteiger partial charge in [-0.05, 0) is 65.7 Å². The number of anilines is 2. The number of benzene rings is 1. The number of carbonyl (C=O) groups is 1. The average molecular weight is 349 g/mol. The van der Waals surface area contributed by atoms with Crippen molar-refractivity contribution in [2.45, 2.75) is 25.8 Å². The van der Waals surface area contributed by atoms with E-state index in [9.17, 15) is 4.79 Å². The quantitative estimate of drug-likeness (QED) is 0.893. The summed E-state index contributed by atoms with van der Waals surface area (Å²) in [7, 11) is 0. The molecule has 2 heterocycles. The summed E-state index contributed by atoms with van der Waals surface area (Å²) < 4.78 is 6.27. The highest BCUT2D eigenvalue weighted by Gasteiger charge is 2.21. The topological polar surface area (TPSA) is 45.5 Å². The molecule has 1 atom stereocenters. The van der Waals surface area contributed by atoms with E-state index in [1.165, 1.54) is 0 Å². The summed E-state index contributed by atoms with van der Waals surface area (Å²) in [4.78, 5) is 13.6. The van der Waals surface area contributed by atoms with Gasteiger partial charge in [-0.1, -0.05) is 0 Å². The van der Waals surface area contributed by atoms with Gasteiger partial charge in [-0.25, -0.2) is 0 Å². The molecule has 1 amide bonds. The Morgan fingerprint density at radius 1 is 1.24 bits per heavy atom. The molecule has 1 aromatic heterocycles. The Balaban J connectivity index is 1.68. The van der Waals surface area contributed by atoms with Crippen LogP contribution in [-0.4, -0.2) is 12.5 Å². The fourth-order valence-corrected chi connectivity index (χ4v) is 2.86. The molecule has 1 aliphatic heterocycles. The molecule has 1 N–H and O–H groups in total. The number of nitrogens with one attached hydrogen (secondary N) is 1. The maximum absolute atomic E-state index is 11.7. The van der Waals surface area contributed by atoms with Crippen LogP contribution >= 0.6 is 15.9 Å². The summed E-state index contributed by atoms with van der Waals surface area (Å²) in [5, 5.41) is 3.38. The molecule has 0 saturated carbocycles. The number of rotatable bonds is 4. The minimum absolute atomic E-state index is 0.0792. The van der Waals surface area contributed by atoms with Crippen LogP contribution in [0.15, 0.2) is 45.5 Å². The molecule has 1 fully saturated rings. The van der Waals surface area contributed by atoms with Crippen LogP contribution in [0, 0.1) is 0 Å². The smallest absolute Gasteiger partial charge is 0.227 e. The maximum Gasteiger partial charge on any atom is 0.227 e. The van der Waals surface area contributed by atoms with Crippen molar-refractivity contribution >= 4 is 33.2 Å². The largest absolute Gasteiger partial charge is 0.452 e. The first-order valence-electron chi connectivity index (χ1n) is 7.06. The fraction of sp³-hybridized carbons (Fsp3) is 0.312. The third kappa shape index (κ3) is 3.13. The highest BCUT2D eigenvalue weighted by Crippen LogP contribution is 2.26. The van der Waals surface area contributed by atoms with Crippen molar-refractivity contribution in [2.24, 2.45) is 0 Å². The molecule has 0 bridgehead atoms. The zero-order valence-corrected chi connectivity index (χ0v) is 13.4. The van der Waals surface area contributed by atoms with Crippen molar-refractivity contribution in [2.75, 3.05) is 16.8 Å². The standard InChI is InChI=1S/C16H17BrN2O2/c1-11(14-8-9-15(17)21-14)18-12-4-6-13(7-5-12)19-10-2-3-16(19)20/h4-9,11,18H,2-3,10H2,1H3. The van der Waals surface area contributed by atoms with Crippen molar-refractivity contribution in [3.63, 3.8) is 0 Å². The number of nitrogens with zero attached hydrogens (tertiary/aromatic N) is 1. The number of carbonyl (C=O) groups excluding carboxylic acids is 1. The number of hydrogen-bond donors (Lipinski definition) is 1. The number of hydrogen-bond acceptors (Lipinski definition) is 3. The Morgan fingerprint density at radius 2 is 2.00 bits per heavy atom. The summed E-state index contributed by atoms with van der Waals surface area (Å²) >= 11 is 3.31. The average Bonchev–Trinajstić information content (AvgIpc) is 3.08. The van der Waals surface area contributed by atoms with Crippen LogP contribution in [0.25, 0.3) is 0 Å². The molecule has 0 aliphatic carbocycles. The Bertz CT molecular complexity index is 636. The van der Waals surface area contributed by atoms with Crippen LogP contribution in [0.2, 0.25) is 0 Å². The Labute approximate surface area is 132 Å². The SMILES string of the molecule is CC(Nc1ccc(N2CCCC2=O)cc1)c1ccc(Br)o1. The molecule has 4 nitrogen and oxygen atoms in total. The van der Waals surface area contributed by atoms with E-state index in [4.69, 9.17) is 4.42 Å². The molecule has 1 aromatic carbocycles. The van der Waals surface area contributed by atoms with Crippen molar-refractivity contribution < 1.29 is 9.21 Å². The summed E-state index contributed by atoms with van der Waals surface area (Å²) in [5.41, 5.74) is 1.97. The van der Waals surface area contributed by atoms with Crippen LogP contribution in [0.3, 0.4) is 0 Å². The molecule has 3 rings (SSSR count). The third-order valence-corrected chi connectivity index (χ3v) is 4.08. The molecule has 1 unspecified atom stereocenters. The molecule has 5 heteroatoms. The molecular formula is C16H17BrN2O2. The van der Waals surface area contributed by atoms with Gasteiger partial charge in [0, 0.05) is 24.3 Å². The predicted molar refractivity (Wildman–Crippen MR) is 86.5 cm³/mol. The molecule has 1 aliphatic rings. The molecule has 0 spiro atoms. The van der Waals surface area contributed by atoms with Crippen molar-refractivity contribution in [3.8, 4) is 0 Å². The summed E-state index contributed by atoms with van der Waals surface area (Å²) in [5.74, 6) is 1.09. The van der Waals surface area contributed by atoms with Gasteiger partial charge >= 0.3 is 0 Å². The van der Waals surface area contributed by atoms with Gasteiger partial charge in [-0.2, -0.15) is 0 Å². The zero-order valence-electron chi connectivity index (χ0n) is 11.8. The lowest BCUT2D eigenvalue weighted by Crippen LogP contribution is -2.23. The normalized spacial score (nSPS) is 16.3. The van der Waals surface area contributed by atoms with Gasteiger partial charge in [0.25, 0.3) is 0 Å². The van der Waals surface area contributed by atoms with E-state index in [-0.39, 0.29) is 11.9 Å². The lowest BCUT2D eigenvalue weighted by molar-refractivity contribution is -0.117. The molecule has 110 valence electrons. The zero-order chi connectivity index (χ0) is 14.8. The first-order chi connectivity index (χ1) is 10.1. The highest BCUT2D eigenvalue weighted by molar-refractivity contribution is 9.10. The Morgan fingerprint density at radius 3 is 2.57 bits per heavy atom. The molecule has 21 heavy (non-hydrogen) atoms. The maximum atomic E-state index is 11.7. The van der Waals surface area contributed by atoms with E-state index in [0.717, 1.165) is 34.8 Å². The summed E-state index contributed by atoms with van der Waals surface area (Å²) in [6.45, 7) is 2.87. The van der Waals surface area contributed by atoms with Crippen LogP contribution in [-0.2, 0) is 4.79 Å². The number of amides is 1. The molecule has 1 saturated heterocycles.